The molecule has 4 rings (SSSR count). The molecule has 1 saturated carbocycles. The van der Waals surface area contributed by atoms with Crippen LogP contribution in [0.3, 0.4) is 0 Å². The number of anilines is 1. The van der Waals surface area contributed by atoms with Gasteiger partial charge in [0.1, 0.15) is 11.5 Å². The summed E-state index contributed by atoms with van der Waals surface area (Å²) in [6.45, 7) is -0.930. The van der Waals surface area contributed by atoms with Crippen molar-refractivity contribution in [2.24, 2.45) is 0 Å². The van der Waals surface area contributed by atoms with E-state index >= 15 is 0 Å². The van der Waals surface area contributed by atoms with Crippen LogP contribution in [0.1, 0.15) is 46.3 Å². The van der Waals surface area contributed by atoms with Crippen LogP contribution in [-0.2, 0) is 22.7 Å². The van der Waals surface area contributed by atoms with E-state index in [4.69, 9.17) is 0 Å². The summed E-state index contributed by atoms with van der Waals surface area (Å²) in [6, 6.07) is 8.53. The zero-order chi connectivity index (χ0) is 24.4. The lowest BCUT2D eigenvalue weighted by molar-refractivity contribution is -0.133. The molecule has 0 saturated heterocycles. The summed E-state index contributed by atoms with van der Waals surface area (Å²) in [4.78, 5) is 50.5. The minimum atomic E-state index is -2.97. The highest BCUT2D eigenvalue weighted by atomic mass is 19.3. The molecule has 1 atom stereocenters. The zero-order valence-electron chi connectivity index (χ0n) is 18.4. The molecule has 1 unspecified atom stereocenters. The van der Waals surface area contributed by atoms with Crippen molar-refractivity contribution in [3.63, 3.8) is 0 Å². The van der Waals surface area contributed by atoms with Gasteiger partial charge in [0.15, 0.2) is 5.78 Å². The molecule has 0 bridgehead atoms. The normalized spacial score (nSPS) is 17.7. The average Bonchev–Trinajstić information content (AvgIpc) is 3.10. The molecule has 2 N–H and O–H groups in total. The summed E-state index contributed by atoms with van der Waals surface area (Å²) in [7, 11) is 0. The first-order chi connectivity index (χ1) is 16.2. The Labute approximate surface area is 194 Å². The Hall–Kier alpha value is -3.82. The largest absolute Gasteiger partial charge is 0.434 e. The number of urea groups is 1. The summed E-state index contributed by atoms with van der Waals surface area (Å²) in [5.41, 5.74) is 2.73. The van der Waals surface area contributed by atoms with Gasteiger partial charge in [0.2, 0.25) is 0 Å². The maximum atomic E-state index is 12.9. The lowest BCUT2D eigenvalue weighted by atomic mass is 9.92. The third kappa shape index (κ3) is 5.05. The fraction of sp³-hybridized carbons (Fsp3) is 0.333. The number of aryl methyl sites for hydroxylation is 1. The van der Waals surface area contributed by atoms with E-state index in [0.717, 1.165) is 5.56 Å². The van der Waals surface area contributed by atoms with Crippen molar-refractivity contribution >= 4 is 29.2 Å². The number of ether oxygens (including phenoxy) is 1. The molecule has 2 aliphatic rings. The highest BCUT2D eigenvalue weighted by molar-refractivity contribution is 6.07. The molecule has 1 fully saturated rings. The molecule has 2 aromatic rings. The molecule has 10 heteroatoms. The number of Topliss-reactive ketones (excluding diaryl/α,β-unsaturated/α-hetero) is 2. The molecule has 1 heterocycles. The predicted molar refractivity (Wildman–Crippen MR) is 118 cm³/mol. The van der Waals surface area contributed by atoms with Gasteiger partial charge in [-0.3, -0.25) is 14.4 Å². The monoisotopic (exact) mass is 471 g/mol. The maximum absolute atomic E-state index is 12.9. The number of hydrogen-bond donors (Lipinski definition) is 2. The SMILES string of the molecule is Cc1ccc(NC(=O)NCc2ccc3c(c2)C(=O)N(C2CCC(=O)CC2=O)C3)cc1OC(F)F. The predicted octanol–water partition coefficient (Wildman–Crippen LogP) is 3.56. The van der Waals surface area contributed by atoms with Gasteiger partial charge in [0.25, 0.3) is 5.91 Å². The molecule has 2 aromatic carbocycles. The molecule has 8 nitrogen and oxygen atoms in total. The van der Waals surface area contributed by atoms with E-state index in [2.05, 4.69) is 15.4 Å². The number of amides is 3. The number of rotatable bonds is 6. The second-order valence-electron chi connectivity index (χ2n) is 8.33. The summed E-state index contributed by atoms with van der Waals surface area (Å²) < 4.78 is 29.5. The van der Waals surface area contributed by atoms with Gasteiger partial charge >= 0.3 is 12.6 Å². The van der Waals surface area contributed by atoms with Gasteiger partial charge in [-0.05, 0) is 42.2 Å². The first-order valence-corrected chi connectivity index (χ1v) is 10.8. The van der Waals surface area contributed by atoms with Gasteiger partial charge in [-0.2, -0.15) is 8.78 Å². The van der Waals surface area contributed by atoms with E-state index in [-0.39, 0.29) is 48.3 Å². The van der Waals surface area contributed by atoms with Gasteiger partial charge < -0.3 is 20.3 Å². The van der Waals surface area contributed by atoms with Crippen molar-refractivity contribution < 1.29 is 32.7 Å². The Kier molecular flexibility index (Phi) is 6.58. The van der Waals surface area contributed by atoms with Gasteiger partial charge in [-0.1, -0.05) is 18.2 Å². The Balaban J connectivity index is 1.37. The number of nitrogens with zero attached hydrogens (tertiary/aromatic N) is 1. The maximum Gasteiger partial charge on any atom is 0.387 e. The second-order valence-corrected chi connectivity index (χ2v) is 8.33. The third-order valence-electron chi connectivity index (χ3n) is 5.94. The van der Waals surface area contributed by atoms with E-state index in [1.54, 1.807) is 37.3 Å². The highest BCUT2D eigenvalue weighted by Gasteiger charge is 2.38. The smallest absolute Gasteiger partial charge is 0.387 e. The summed E-state index contributed by atoms with van der Waals surface area (Å²) in [6.07, 6.45) is 0.498. The Morgan fingerprint density at radius 2 is 1.97 bits per heavy atom. The Morgan fingerprint density at radius 1 is 1.18 bits per heavy atom. The second kappa shape index (κ2) is 9.58. The molecule has 1 aliphatic carbocycles. The van der Waals surface area contributed by atoms with E-state index in [9.17, 15) is 28.0 Å². The molecular weight excluding hydrogens is 448 g/mol. The van der Waals surface area contributed by atoms with Crippen LogP contribution >= 0.6 is 0 Å². The minimum Gasteiger partial charge on any atom is -0.434 e. The quantitative estimate of drug-likeness (QED) is 0.627. The van der Waals surface area contributed by atoms with Crippen molar-refractivity contribution in [1.82, 2.24) is 10.2 Å². The molecule has 34 heavy (non-hydrogen) atoms. The fourth-order valence-electron chi connectivity index (χ4n) is 4.18. The van der Waals surface area contributed by atoms with E-state index in [1.165, 1.54) is 11.0 Å². The summed E-state index contributed by atoms with van der Waals surface area (Å²) >= 11 is 0. The number of benzene rings is 2. The van der Waals surface area contributed by atoms with Crippen molar-refractivity contribution in [3.05, 3.63) is 58.7 Å². The number of carbonyl (C=O) groups excluding carboxylic acids is 4. The lowest BCUT2D eigenvalue weighted by Gasteiger charge is -2.29. The molecular formula is C24H23F2N3O5. The van der Waals surface area contributed by atoms with Crippen LogP contribution in [0.15, 0.2) is 36.4 Å². The van der Waals surface area contributed by atoms with Crippen LogP contribution in [-0.4, -0.2) is 41.1 Å². The van der Waals surface area contributed by atoms with E-state index in [0.29, 0.717) is 29.7 Å². The molecule has 1 aliphatic heterocycles. The standard InChI is InChI=1S/C24H23F2N3O5/c1-13-2-5-16(9-21(13)34-23(25)26)28-24(33)27-11-14-3-4-15-12-29(22(32)18(15)8-14)19-7-6-17(30)10-20(19)31/h2-5,8-9,19,23H,6-7,10-12H2,1H3,(H2,27,28,33). The molecule has 0 spiro atoms. The molecule has 0 radical (unpaired) electrons. The van der Waals surface area contributed by atoms with Crippen LogP contribution < -0.4 is 15.4 Å². The number of carbonyl (C=O) groups is 4. The fourth-order valence-corrected chi connectivity index (χ4v) is 4.18. The van der Waals surface area contributed by atoms with E-state index in [1.807, 2.05) is 0 Å². The van der Waals surface area contributed by atoms with Crippen molar-refractivity contribution in [2.45, 2.75) is 51.9 Å². The van der Waals surface area contributed by atoms with Gasteiger partial charge in [-0.25, -0.2) is 4.79 Å². The highest BCUT2D eigenvalue weighted by Crippen LogP contribution is 2.29. The van der Waals surface area contributed by atoms with Gasteiger partial charge in [0, 0.05) is 36.8 Å². The number of nitrogens with one attached hydrogen (secondary N) is 2. The van der Waals surface area contributed by atoms with Crippen LogP contribution in [0.4, 0.5) is 19.3 Å². The molecule has 178 valence electrons. The van der Waals surface area contributed by atoms with Crippen LogP contribution in [0.5, 0.6) is 5.75 Å². The number of fused-ring (bicyclic) bond motifs is 1. The Morgan fingerprint density at radius 3 is 2.71 bits per heavy atom. The molecule has 0 aromatic heterocycles. The third-order valence-corrected chi connectivity index (χ3v) is 5.94. The van der Waals surface area contributed by atoms with Gasteiger partial charge in [-0.15, -0.1) is 0 Å². The van der Waals surface area contributed by atoms with Crippen molar-refractivity contribution in [2.75, 3.05) is 5.32 Å². The first-order valence-electron chi connectivity index (χ1n) is 10.8. The van der Waals surface area contributed by atoms with Gasteiger partial charge in [0.05, 0.1) is 12.5 Å². The average molecular weight is 471 g/mol. The summed E-state index contributed by atoms with van der Waals surface area (Å²) in [5, 5.41) is 5.22. The van der Waals surface area contributed by atoms with Crippen molar-refractivity contribution in [1.29, 1.82) is 0 Å². The number of hydrogen-bond acceptors (Lipinski definition) is 5. The lowest BCUT2D eigenvalue weighted by Crippen LogP contribution is -2.44. The number of halogens is 2. The first kappa shape index (κ1) is 23.3. The zero-order valence-corrected chi connectivity index (χ0v) is 18.4. The summed E-state index contributed by atoms with van der Waals surface area (Å²) in [5.74, 6) is -0.620. The number of alkyl halides is 2. The number of ketones is 2. The molecule has 3 amide bonds. The Bertz CT molecular complexity index is 1170. The van der Waals surface area contributed by atoms with Crippen LogP contribution in [0, 0.1) is 6.92 Å². The van der Waals surface area contributed by atoms with Crippen molar-refractivity contribution in [3.8, 4) is 5.75 Å². The minimum absolute atomic E-state index is 0.0321. The topological polar surface area (TPSA) is 105 Å². The van der Waals surface area contributed by atoms with E-state index < -0.39 is 18.7 Å². The van der Waals surface area contributed by atoms with Crippen LogP contribution in [0.2, 0.25) is 0 Å². The van der Waals surface area contributed by atoms with Crippen LogP contribution in [0.25, 0.3) is 0 Å².